The highest BCUT2D eigenvalue weighted by atomic mass is 16.4. The van der Waals surface area contributed by atoms with Crippen molar-refractivity contribution in [2.75, 3.05) is 7.05 Å². The third-order valence-electron chi connectivity index (χ3n) is 1.63. The summed E-state index contributed by atoms with van der Waals surface area (Å²) in [6.07, 6.45) is 0. The maximum Gasteiger partial charge on any atom is 0.488 e. The van der Waals surface area contributed by atoms with E-state index in [-0.39, 0.29) is 0 Å². The van der Waals surface area contributed by atoms with E-state index in [9.17, 15) is 0 Å². The van der Waals surface area contributed by atoms with Gasteiger partial charge >= 0.3 is 7.12 Å². The van der Waals surface area contributed by atoms with Crippen molar-refractivity contribution in [2.24, 2.45) is 0 Å². The van der Waals surface area contributed by atoms with Crippen molar-refractivity contribution in [3.63, 3.8) is 0 Å². The number of hydrogen-bond acceptors (Lipinski definition) is 3. The van der Waals surface area contributed by atoms with Gasteiger partial charge in [0, 0.05) is 6.54 Å². The van der Waals surface area contributed by atoms with Gasteiger partial charge in [-0.2, -0.15) is 0 Å². The van der Waals surface area contributed by atoms with Gasteiger partial charge in [0.1, 0.15) is 0 Å². The van der Waals surface area contributed by atoms with Crippen molar-refractivity contribution in [2.45, 2.75) is 20.4 Å². The summed E-state index contributed by atoms with van der Waals surface area (Å²) < 4.78 is 0. The van der Waals surface area contributed by atoms with Crippen molar-refractivity contribution in [3.8, 4) is 0 Å². The molecule has 0 aliphatic carbocycles. The predicted octanol–water partition coefficient (Wildman–Crippen LogP) is 0.112. The van der Waals surface area contributed by atoms with E-state index in [1.165, 1.54) is 0 Å². The zero-order chi connectivity index (χ0) is 11.0. The zero-order valence-corrected chi connectivity index (χ0v) is 8.99. The summed E-state index contributed by atoms with van der Waals surface area (Å²) >= 11 is 0. The Morgan fingerprint density at radius 2 is 1.93 bits per heavy atom. The standard InChI is InChI=1S/C8H12BNO2.C2H6/c1-10-6-7-3-2-4-8(5-7)9(11)12;1-2/h2-5,10-12H,6H2,1H3;1-2H3. The van der Waals surface area contributed by atoms with Crippen molar-refractivity contribution in [1.29, 1.82) is 0 Å². The van der Waals surface area contributed by atoms with E-state index in [0.717, 1.165) is 12.1 Å². The first-order valence-corrected chi connectivity index (χ1v) is 4.83. The monoisotopic (exact) mass is 195 g/mol. The first-order chi connectivity index (χ1) is 6.74. The second-order valence-corrected chi connectivity index (χ2v) is 2.65. The van der Waals surface area contributed by atoms with Crippen molar-refractivity contribution < 1.29 is 10.0 Å². The Kier molecular flexibility index (Phi) is 7.11. The second-order valence-electron chi connectivity index (χ2n) is 2.65. The van der Waals surface area contributed by atoms with Gasteiger partial charge in [0.25, 0.3) is 0 Å². The molecule has 0 radical (unpaired) electrons. The fourth-order valence-corrected chi connectivity index (χ4v) is 1.07. The highest BCUT2D eigenvalue weighted by Gasteiger charge is 2.09. The van der Waals surface area contributed by atoms with E-state index in [0.29, 0.717) is 5.46 Å². The molecule has 4 heteroatoms. The van der Waals surface area contributed by atoms with Gasteiger partial charge in [-0.15, -0.1) is 0 Å². The van der Waals surface area contributed by atoms with Gasteiger partial charge in [-0.3, -0.25) is 0 Å². The van der Waals surface area contributed by atoms with E-state index >= 15 is 0 Å². The zero-order valence-electron chi connectivity index (χ0n) is 8.99. The van der Waals surface area contributed by atoms with Gasteiger partial charge in [0.15, 0.2) is 0 Å². The molecule has 0 unspecified atom stereocenters. The van der Waals surface area contributed by atoms with Crippen LogP contribution in [0.1, 0.15) is 19.4 Å². The molecular formula is C10H18BNO2. The number of hydrogen-bond donors (Lipinski definition) is 3. The predicted molar refractivity (Wildman–Crippen MR) is 60.4 cm³/mol. The highest BCUT2D eigenvalue weighted by Crippen LogP contribution is 1.95. The molecule has 3 nitrogen and oxygen atoms in total. The Bertz CT molecular complexity index is 254. The molecule has 0 spiro atoms. The molecule has 0 fully saturated rings. The molecule has 14 heavy (non-hydrogen) atoms. The third-order valence-corrected chi connectivity index (χ3v) is 1.63. The molecule has 1 rings (SSSR count). The SMILES string of the molecule is CC.CNCc1cccc(B(O)O)c1. The van der Waals surface area contributed by atoms with Crippen LogP contribution in [0.25, 0.3) is 0 Å². The maximum atomic E-state index is 8.85. The van der Waals surface area contributed by atoms with Crippen molar-refractivity contribution in [1.82, 2.24) is 5.32 Å². The minimum atomic E-state index is -1.37. The van der Waals surface area contributed by atoms with Crippen LogP contribution in [0.3, 0.4) is 0 Å². The summed E-state index contributed by atoms with van der Waals surface area (Å²) in [5.74, 6) is 0. The number of benzene rings is 1. The highest BCUT2D eigenvalue weighted by molar-refractivity contribution is 6.58. The summed E-state index contributed by atoms with van der Waals surface area (Å²) in [4.78, 5) is 0. The summed E-state index contributed by atoms with van der Waals surface area (Å²) in [6, 6.07) is 7.19. The average Bonchev–Trinajstić information content (AvgIpc) is 2.22. The van der Waals surface area contributed by atoms with Gasteiger partial charge in [-0.1, -0.05) is 38.1 Å². The lowest BCUT2D eigenvalue weighted by atomic mass is 9.80. The van der Waals surface area contributed by atoms with Crippen LogP contribution in [0.15, 0.2) is 24.3 Å². The second kappa shape index (κ2) is 7.56. The Labute approximate surface area is 85.9 Å². The molecule has 0 aromatic heterocycles. The molecular weight excluding hydrogens is 177 g/mol. The smallest absolute Gasteiger partial charge is 0.423 e. The van der Waals surface area contributed by atoms with Gasteiger partial charge in [-0.05, 0) is 18.1 Å². The Hall–Kier alpha value is -0.835. The average molecular weight is 195 g/mol. The molecule has 0 aliphatic heterocycles. The normalized spacial score (nSPS) is 8.93. The number of rotatable bonds is 3. The largest absolute Gasteiger partial charge is 0.488 e. The van der Waals surface area contributed by atoms with Crippen LogP contribution in [0.4, 0.5) is 0 Å². The molecule has 0 aliphatic rings. The first-order valence-electron chi connectivity index (χ1n) is 4.83. The minimum absolute atomic E-state index is 0.530. The van der Waals surface area contributed by atoms with Crippen LogP contribution in [0, 0.1) is 0 Å². The molecule has 1 aromatic carbocycles. The van der Waals surface area contributed by atoms with E-state index in [4.69, 9.17) is 10.0 Å². The summed E-state index contributed by atoms with van der Waals surface area (Å²) in [5.41, 5.74) is 1.57. The number of nitrogens with one attached hydrogen (secondary N) is 1. The molecule has 0 amide bonds. The van der Waals surface area contributed by atoms with Gasteiger partial charge in [0.2, 0.25) is 0 Å². The minimum Gasteiger partial charge on any atom is -0.423 e. The summed E-state index contributed by atoms with van der Waals surface area (Å²) in [5, 5.41) is 20.7. The summed E-state index contributed by atoms with van der Waals surface area (Å²) in [7, 11) is 0.476. The molecule has 0 saturated heterocycles. The van der Waals surface area contributed by atoms with Gasteiger partial charge in [0.05, 0.1) is 0 Å². The van der Waals surface area contributed by atoms with E-state index in [1.54, 1.807) is 18.2 Å². The molecule has 78 valence electrons. The fourth-order valence-electron chi connectivity index (χ4n) is 1.07. The van der Waals surface area contributed by atoms with E-state index < -0.39 is 7.12 Å². The van der Waals surface area contributed by atoms with Crippen molar-refractivity contribution >= 4 is 12.6 Å². The Morgan fingerprint density at radius 1 is 1.29 bits per heavy atom. The van der Waals surface area contributed by atoms with Crippen LogP contribution in [0.2, 0.25) is 0 Å². The van der Waals surface area contributed by atoms with Crippen LogP contribution in [-0.2, 0) is 6.54 Å². The van der Waals surface area contributed by atoms with Crippen LogP contribution in [0.5, 0.6) is 0 Å². The molecule has 0 atom stereocenters. The maximum absolute atomic E-state index is 8.85. The summed E-state index contributed by atoms with van der Waals surface area (Å²) in [6.45, 7) is 4.74. The van der Waals surface area contributed by atoms with Gasteiger partial charge in [-0.25, -0.2) is 0 Å². The quantitative estimate of drug-likeness (QED) is 0.600. The first kappa shape index (κ1) is 13.2. The van der Waals surface area contributed by atoms with Crippen LogP contribution in [-0.4, -0.2) is 24.2 Å². The lowest BCUT2D eigenvalue weighted by molar-refractivity contribution is 0.425. The molecule has 0 heterocycles. The van der Waals surface area contributed by atoms with E-state index in [2.05, 4.69) is 5.32 Å². The Balaban J connectivity index is 0.000000791. The van der Waals surface area contributed by atoms with Crippen LogP contribution >= 0.6 is 0 Å². The lowest BCUT2D eigenvalue weighted by Crippen LogP contribution is -2.30. The lowest BCUT2D eigenvalue weighted by Gasteiger charge is -2.02. The molecule has 3 N–H and O–H groups in total. The fraction of sp³-hybridized carbons (Fsp3) is 0.400. The topological polar surface area (TPSA) is 52.5 Å². The molecule has 0 bridgehead atoms. The third kappa shape index (κ3) is 4.41. The van der Waals surface area contributed by atoms with E-state index in [1.807, 2.05) is 27.0 Å². The van der Waals surface area contributed by atoms with Crippen molar-refractivity contribution in [3.05, 3.63) is 29.8 Å². The van der Waals surface area contributed by atoms with Gasteiger partial charge < -0.3 is 15.4 Å². The molecule has 0 saturated carbocycles. The molecule has 1 aromatic rings. The Morgan fingerprint density at radius 3 is 2.43 bits per heavy atom. The van der Waals surface area contributed by atoms with Crippen LogP contribution < -0.4 is 10.8 Å².